The summed E-state index contributed by atoms with van der Waals surface area (Å²) in [5, 5.41) is 3.15. The monoisotopic (exact) mass is 997 g/mol. The molecule has 13 nitrogen and oxygen atoms in total. The van der Waals surface area contributed by atoms with Gasteiger partial charge in [-0.25, -0.2) is 0 Å². The molecule has 15 heteroatoms. The maximum Gasteiger partial charge on any atom is 0.260 e. The number of hydrogen-bond acceptors (Lipinski definition) is 12. The number of fused-ring (bicyclic) bond motifs is 8. The first kappa shape index (κ1) is 49.7. The Kier molecular flexibility index (Phi) is 14.8. The average molecular weight is 998 g/mol. The summed E-state index contributed by atoms with van der Waals surface area (Å²) in [5.74, 6) is 2.72. The molecular formula is C56H63N5O8S2. The Hall–Kier alpha value is -6.32. The van der Waals surface area contributed by atoms with Crippen molar-refractivity contribution in [3.8, 4) is 23.0 Å². The average Bonchev–Trinajstić information content (AvgIpc) is 3.87. The van der Waals surface area contributed by atoms with Crippen LogP contribution in [0.2, 0.25) is 0 Å². The zero-order chi connectivity index (χ0) is 50.0. The summed E-state index contributed by atoms with van der Waals surface area (Å²) < 4.78 is 24.7. The van der Waals surface area contributed by atoms with Crippen molar-refractivity contribution in [2.75, 3.05) is 72.1 Å². The summed E-state index contributed by atoms with van der Waals surface area (Å²) in [6, 6.07) is 29.3. The Balaban J connectivity index is 0.952. The number of benzene rings is 5. The first-order valence-electron chi connectivity index (χ1n) is 24.4. The lowest BCUT2D eigenvalue weighted by atomic mass is 10.1. The van der Waals surface area contributed by atoms with E-state index in [1.165, 1.54) is 0 Å². The van der Waals surface area contributed by atoms with Crippen LogP contribution in [0.3, 0.4) is 0 Å². The van der Waals surface area contributed by atoms with Gasteiger partial charge in [0.25, 0.3) is 11.8 Å². The highest BCUT2D eigenvalue weighted by Gasteiger charge is 2.41. The van der Waals surface area contributed by atoms with E-state index in [9.17, 15) is 19.2 Å². The number of para-hydroxylation sites is 2. The Morgan fingerprint density at radius 2 is 1.18 bits per heavy atom. The molecule has 0 saturated heterocycles. The SMILES string of the molecule is CCC(=O)CCCSSC(C)(C)CCC(=O)Nc1cc(COc2cc3c(cc2OC)C(=O)N2c4ccccc4C[C@H]2CN3C)cc(COc2cc3c(cc2OC)C(=O)N2c4ccccc4C[C@H]2CN3C)c1. The van der Waals surface area contributed by atoms with E-state index < -0.39 is 0 Å². The molecule has 4 aliphatic rings. The minimum atomic E-state index is -0.163. The Morgan fingerprint density at radius 1 is 0.676 bits per heavy atom. The number of ketones is 1. The van der Waals surface area contributed by atoms with Gasteiger partial charge < -0.3 is 43.9 Å². The van der Waals surface area contributed by atoms with Crippen molar-refractivity contribution in [2.24, 2.45) is 0 Å². The second-order valence-electron chi connectivity index (χ2n) is 19.4. The van der Waals surface area contributed by atoms with Crippen LogP contribution in [-0.2, 0) is 35.6 Å². The molecule has 0 saturated carbocycles. The fourth-order valence-electron chi connectivity index (χ4n) is 10.2. The summed E-state index contributed by atoms with van der Waals surface area (Å²) in [6.07, 6.45) is 4.56. The largest absolute Gasteiger partial charge is 0.493 e. The molecule has 0 aromatic heterocycles. The van der Waals surface area contributed by atoms with E-state index in [4.69, 9.17) is 18.9 Å². The van der Waals surface area contributed by atoms with Gasteiger partial charge in [-0.05, 0) is 104 Å². The van der Waals surface area contributed by atoms with Gasteiger partial charge in [-0.1, -0.05) is 64.9 Å². The predicted molar refractivity (Wildman–Crippen MR) is 286 cm³/mol. The van der Waals surface area contributed by atoms with E-state index in [0.717, 1.165) is 70.0 Å². The molecule has 0 radical (unpaired) electrons. The topological polar surface area (TPSA) is 130 Å². The Bertz CT molecular complexity index is 2700. The molecule has 5 aromatic rings. The number of nitrogens with one attached hydrogen (secondary N) is 1. The molecule has 4 aliphatic heterocycles. The number of anilines is 5. The number of rotatable bonds is 19. The lowest BCUT2D eigenvalue weighted by Gasteiger charge is -2.25. The molecule has 0 fully saturated rings. The van der Waals surface area contributed by atoms with Crippen molar-refractivity contribution < 1.29 is 38.1 Å². The third-order valence-corrected chi connectivity index (χ3v) is 17.3. The van der Waals surface area contributed by atoms with Gasteiger partial charge in [0.1, 0.15) is 19.0 Å². The quantitative estimate of drug-likeness (QED) is 0.0624. The van der Waals surface area contributed by atoms with Crippen LogP contribution in [0.1, 0.15) is 95.8 Å². The van der Waals surface area contributed by atoms with E-state index in [0.29, 0.717) is 78.6 Å². The zero-order valence-corrected chi connectivity index (χ0v) is 43.3. The highest BCUT2D eigenvalue weighted by molar-refractivity contribution is 8.77. The number of Topliss-reactive ketones (excluding diaryl/α,β-unsaturated/α-hetero) is 1. The molecule has 3 amide bonds. The molecule has 4 heterocycles. The van der Waals surface area contributed by atoms with E-state index in [1.807, 2.05) is 97.5 Å². The molecule has 5 aromatic carbocycles. The molecule has 372 valence electrons. The van der Waals surface area contributed by atoms with Crippen molar-refractivity contribution in [1.82, 2.24) is 0 Å². The van der Waals surface area contributed by atoms with Gasteiger partial charge in [0, 0.05) is 86.1 Å². The number of nitrogens with zero attached hydrogens (tertiary/aromatic N) is 4. The smallest absolute Gasteiger partial charge is 0.260 e. The third-order valence-electron chi connectivity index (χ3n) is 13.8. The van der Waals surface area contributed by atoms with Crippen LogP contribution in [0, 0.1) is 0 Å². The number of amides is 3. The van der Waals surface area contributed by atoms with Gasteiger partial charge in [0.05, 0.1) is 48.8 Å². The summed E-state index contributed by atoms with van der Waals surface area (Å²) in [5.41, 5.74) is 8.94. The van der Waals surface area contributed by atoms with E-state index in [1.54, 1.807) is 47.9 Å². The standard InChI is InChI=1S/C56H63N5O8S2/c1-8-42(62)16-13-21-70-71-56(2,3)20-19-53(63)57-39-23-35(33-68-51-29-47-43(27-49(51)66-6)54(64)60-40(31-58(47)4)25-37-14-9-11-17-45(37)60)22-36(24-39)34-69-52-30-48-44(28-50(52)67-7)55(65)61-41(32-59(48)5)26-38-15-10-12-18-46(38)61/h9-12,14-15,17-18,22-24,27-30,40-41H,8,13,16,19-21,25-26,31-34H2,1-7H3,(H,57,63)/t40-,41-/m0/s1. The lowest BCUT2D eigenvalue weighted by Crippen LogP contribution is -2.41. The van der Waals surface area contributed by atoms with Gasteiger partial charge in [0.15, 0.2) is 23.0 Å². The first-order chi connectivity index (χ1) is 34.2. The highest BCUT2D eigenvalue weighted by atomic mass is 33.1. The number of hydrogen-bond donors (Lipinski definition) is 1. The molecular weight excluding hydrogens is 935 g/mol. The fraction of sp³-hybridized carbons (Fsp3) is 0.393. The van der Waals surface area contributed by atoms with Crippen molar-refractivity contribution >= 4 is 73.5 Å². The van der Waals surface area contributed by atoms with Crippen molar-refractivity contribution in [2.45, 2.75) is 95.8 Å². The number of likely N-dealkylation sites (N-methyl/N-ethyl adjacent to an activating group) is 2. The Labute approximate surface area is 424 Å². The normalized spacial score (nSPS) is 16.8. The van der Waals surface area contributed by atoms with Gasteiger partial charge in [-0.3, -0.25) is 19.2 Å². The molecule has 0 unspecified atom stereocenters. The summed E-state index contributed by atoms with van der Waals surface area (Å²) >= 11 is 0. The second-order valence-corrected chi connectivity index (χ2v) is 22.6. The van der Waals surface area contributed by atoms with Crippen LogP contribution in [0.4, 0.5) is 28.4 Å². The fourth-order valence-corrected chi connectivity index (χ4v) is 12.8. The van der Waals surface area contributed by atoms with E-state index in [2.05, 4.69) is 41.1 Å². The Morgan fingerprint density at radius 3 is 1.68 bits per heavy atom. The molecule has 71 heavy (non-hydrogen) atoms. The van der Waals surface area contributed by atoms with Crippen LogP contribution in [-0.4, -0.2) is 87.5 Å². The zero-order valence-electron chi connectivity index (χ0n) is 41.7. The van der Waals surface area contributed by atoms with Gasteiger partial charge in [-0.2, -0.15) is 0 Å². The molecule has 0 aliphatic carbocycles. The molecule has 0 spiro atoms. The van der Waals surface area contributed by atoms with Gasteiger partial charge in [0.2, 0.25) is 5.91 Å². The number of carbonyl (C=O) groups is 4. The molecule has 2 atom stereocenters. The number of carbonyl (C=O) groups excluding carboxylic acids is 4. The van der Waals surface area contributed by atoms with Crippen LogP contribution < -0.4 is 43.9 Å². The maximum absolute atomic E-state index is 14.3. The van der Waals surface area contributed by atoms with Crippen molar-refractivity contribution in [1.29, 1.82) is 0 Å². The van der Waals surface area contributed by atoms with Crippen LogP contribution >= 0.6 is 21.6 Å². The van der Waals surface area contributed by atoms with Crippen LogP contribution in [0.15, 0.2) is 91.0 Å². The second kappa shape index (κ2) is 21.2. The molecule has 9 rings (SSSR count). The predicted octanol–water partition coefficient (Wildman–Crippen LogP) is 10.5. The number of methoxy groups -OCH3 is 2. The third kappa shape index (κ3) is 10.7. The maximum atomic E-state index is 14.3. The molecule has 1 N–H and O–H groups in total. The summed E-state index contributed by atoms with van der Waals surface area (Å²) in [7, 11) is 10.6. The lowest BCUT2D eigenvalue weighted by molar-refractivity contribution is -0.119. The van der Waals surface area contributed by atoms with E-state index >= 15 is 0 Å². The van der Waals surface area contributed by atoms with Crippen molar-refractivity contribution in [3.05, 3.63) is 124 Å². The summed E-state index contributed by atoms with van der Waals surface area (Å²) in [4.78, 5) is 62.0. The summed E-state index contributed by atoms with van der Waals surface area (Å²) in [6.45, 7) is 7.71. The van der Waals surface area contributed by atoms with Gasteiger partial charge >= 0.3 is 0 Å². The molecule has 0 bridgehead atoms. The van der Waals surface area contributed by atoms with Crippen molar-refractivity contribution in [3.63, 3.8) is 0 Å². The van der Waals surface area contributed by atoms with Gasteiger partial charge in [-0.15, -0.1) is 0 Å². The minimum Gasteiger partial charge on any atom is -0.493 e. The number of ether oxygens (including phenoxy) is 4. The van der Waals surface area contributed by atoms with Crippen LogP contribution in [0.25, 0.3) is 0 Å². The minimum absolute atomic E-state index is 0.00612. The van der Waals surface area contributed by atoms with E-state index in [-0.39, 0.29) is 53.5 Å². The first-order valence-corrected chi connectivity index (χ1v) is 26.8. The highest BCUT2D eigenvalue weighted by Crippen LogP contribution is 2.45. The van der Waals surface area contributed by atoms with Crippen LogP contribution in [0.5, 0.6) is 23.0 Å².